The van der Waals surface area contributed by atoms with Crippen molar-refractivity contribution in [2.45, 2.75) is 39.3 Å². The van der Waals surface area contributed by atoms with Crippen molar-refractivity contribution < 1.29 is 13.6 Å². The fraction of sp³-hybridized carbons (Fsp3) is 0.500. The first-order valence-corrected chi connectivity index (χ1v) is 8.77. The van der Waals surface area contributed by atoms with Crippen LogP contribution in [-0.4, -0.2) is 32.2 Å². The summed E-state index contributed by atoms with van der Waals surface area (Å²) in [5, 5.41) is 0. The second-order valence-electron chi connectivity index (χ2n) is 7.37. The zero-order chi connectivity index (χ0) is 16.7. The highest BCUT2D eigenvalue weighted by atomic mass is 15.3. The Morgan fingerprint density at radius 3 is 1.57 bits per heavy atom. The maximum absolute atomic E-state index is 2.28. The molecular weight excluding hydrogens is 282 g/mol. The SMILES string of the molecule is CCCC[n+]1ccc(-c2cc[n+](CCC[N+](C)(C)C)cc2)cc1. The molecular formula is C20H32N3+3. The fourth-order valence-corrected chi connectivity index (χ4v) is 2.67. The van der Waals surface area contributed by atoms with Gasteiger partial charge in [0.05, 0.1) is 34.1 Å². The topological polar surface area (TPSA) is 7.76 Å². The van der Waals surface area contributed by atoms with Crippen LogP contribution in [0.5, 0.6) is 0 Å². The third kappa shape index (κ3) is 6.11. The van der Waals surface area contributed by atoms with Crippen LogP contribution in [-0.2, 0) is 13.1 Å². The minimum absolute atomic E-state index is 1.03. The van der Waals surface area contributed by atoms with E-state index in [9.17, 15) is 0 Å². The molecule has 3 nitrogen and oxygen atoms in total. The largest absolute Gasteiger partial charge is 0.331 e. The number of rotatable bonds is 8. The zero-order valence-electron chi connectivity index (χ0n) is 15.2. The Bertz CT molecular complexity index is 580. The van der Waals surface area contributed by atoms with E-state index in [0.29, 0.717) is 0 Å². The zero-order valence-corrected chi connectivity index (χ0v) is 15.2. The van der Waals surface area contributed by atoms with Crippen LogP contribution in [0.1, 0.15) is 26.2 Å². The summed E-state index contributed by atoms with van der Waals surface area (Å²) < 4.78 is 5.57. The summed E-state index contributed by atoms with van der Waals surface area (Å²) in [7, 11) is 6.74. The Hall–Kier alpha value is -1.74. The standard InChI is InChI=1S/C20H32N3/c1-5-6-12-21-14-8-19(9-15-21)20-10-16-22(17-11-20)13-7-18-23(2,3)4/h8-11,14-17H,5-7,12-13,18H2,1-4H3/q+3. The lowest BCUT2D eigenvalue weighted by Crippen LogP contribution is -2.39. The molecule has 2 rings (SSSR count). The third-order valence-electron chi connectivity index (χ3n) is 4.13. The van der Waals surface area contributed by atoms with Gasteiger partial charge in [0, 0.05) is 30.7 Å². The van der Waals surface area contributed by atoms with Gasteiger partial charge in [-0.05, 0) is 11.1 Å². The molecule has 0 unspecified atom stereocenters. The fourth-order valence-electron chi connectivity index (χ4n) is 2.67. The molecule has 2 heterocycles. The predicted octanol–water partition coefficient (Wildman–Crippen LogP) is 2.83. The Morgan fingerprint density at radius 1 is 0.739 bits per heavy atom. The smallest absolute Gasteiger partial charge is 0.169 e. The molecule has 0 fully saturated rings. The molecule has 0 aliphatic rings. The minimum Gasteiger partial charge on any atom is -0.331 e. The Morgan fingerprint density at radius 2 is 1.17 bits per heavy atom. The number of aryl methyl sites for hydroxylation is 2. The van der Waals surface area contributed by atoms with Gasteiger partial charge in [-0.3, -0.25) is 0 Å². The van der Waals surface area contributed by atoms with Crippen molar-refractivity contribution in [1.29, 1.82) is 0 Å². The molecule has 0 aromatic carbocycles. The van der Waals surface area contributed by atoms with Gasteiger partial charge in [0.25, 0.3) is 0 Å². The molecule has 0 saturated heterocycles. The van der Waals surface area contributed by atoms with Crippen molar-refractivity contribution in [2.75, 3.05) is 27.7 Å². The van der Waals surface area contributed by atoms with Crippen molar-refractivity contribution in [2.24, 2.45) is 0 Å². The average molecular weight is 314 g/mol. The summed E-state index contributed by atoms with van der Waals surface area (Å²) in [6, 6.07) is 8.87. The normalized spacial score (nSPS) is 11.7. The molecule has 0 atom stereocenters. The van der Waals surface area contributed by atoms with E-state index in [1.54, 1.807) is 0 Å². The van der Waals surface area contributed by atoms with E-state index >= 15 is 0 Å². The number of pyridine rings is 2. The molecule has 0 amide bonds. The number of hydrogen-bond acceptors (Lipinski definition) is 0. The van der Waals surface area contributed by atoms with E-state index < -0.39 is 0 Å². The van der Waals surface area contributed by atoms with Gasteiger partial charge in [-0.25, -0.2) is 9.13 Å². The molecule has 0 radical (unpaired) electrons. The Kier molecular flexibility index (Phi) is 6.28. The first-order valence-electron chi connectivity index (χ1n) is 8.77. The first-order chi connectivity index (χ1) is 11.0. The second-order valence-corrected chi connectivity index (χ2v) is 7.37. The molecule has 0 N–H and O–H groups in total. The number of quaternary nitrogens is 1. The summed E-state index contributed by atoms with van der Waals surface area (Å²) in [5.41, 5.74) is 2.58. The highest BCUT2D eigenvalue weighted by Crippen LogP contribution is 2.15. The molecule has 0 saturated carbocycles. The van der Waals surface area contributed by atoms with Gasteiger partial charge in [-0.15, -0.1) is 0 Å². The summed E-state index contributed by atoms with van der Waals surface area (Å²) in [6.45, 7) is 5.62. The van der Waals surface area contributed by atoms with Gasteiger partial charge in [0.15, 0.2) is 31.3 Å². The van der Waals surface area contributed by atoms with Crippen molar-refractivity contribution in [3.05, 3.63) is 49.1 Å². The van der Waals surface area contributed by atoms with Crippen LogP contribution >= 0.6 is 0 Å². The van der Waals surface area contributed by atoms with Crippen LogP contribution in [0.25, 0.3) is 11.1 Å². The molecule has 0 aliphatic heterocycles. The maximum Gasteiger partial charge on any atom is 0.169 e. The first kappa shape index (κ1) is 17.6. The summed E-state index contributed by atoms with van der Waals surface area (Å²) in [5.74, 6) is 0. The number of aromatic nitrogens is 2. The van der Waals surface area contributed by atoms with E-state index in [1.807, 2.05) is 0 Å². The molecule has 124 valence electrons. The van der Waals surface area contributed by atoms with E-state index in [0.717, 1.165) is 17.6 Å². The number of hydrogen-bond donors (Lipinski definition) is 0. The summed E-state index contributed by atoms with van der Waals surface area (Å²) in [6.07, 6.45) is 12.5. The Labute approximate surface area is 141 Å². The molecule has 2 aromatic rings. The lowest BCUT2D eigenvalue weighted by atomic mass is 10.1. The van der Waals surface area contributed by atoms with Crippen molar-refractivity contribution in [3.8, 4) is 11.1 Å². The van der Waals surface area contributed by atoms with Crippen molar-refractivity contribution in [3.63, 3.8) is 0 Å². The summed E-state index contributed by atoms with van der Waals surface area (Å²) in [4.78, 5) is 0. The van der Waals surface area contributed by atoms with Crippen LogP contribution in [0, 0.1) is 0 Å². The van der Waals surface area contributed by atoms with Gasteiger partial charge in [0.1, 0.15) is 6.54 Å². The lowest BCUT2D eigenvalue weighted by molar-refractivity contribution is -0.873. The molecule has 0 spiro atoms. The van der Waals surface area contributed by atoms with Gasteiger partial charge in [0.2, 0.25) is 0 Å². The third-order valence-corrected chi connectivity index (χ3v) is 4.13. The van der Waals surface area contributed by atoms with E-state index in [-0.39, 0.29) is 0 Å². The van der Waals surface area contributed by atoms with Gasteiger partial charge in [-0.2, -0.15) is 0 Å². The highest BCUT2D eigenvalue weighted by molar-refractivity contribution is 5.60. The van der Waals surface area contributed by atoms with Gasteiger partial charge in [-0.1, -0.05) is 13.3 Å². The quantitative estimate of drug-likeness (QED) is 0.523. The van der Waals surface area contributed by atoms with E-state index in [2.05, 4.69) is 86.3 Å². The predicted molar refractivity (Wildman–Crippen MR) is 94.7 cm³/mol. The van der Waals surface area contributed by atoms with Gasteiger partial charge < -0.3 is 4.48 Å². The minimum atomic E-state index is 1.03. The van der Waals surface area contributed by atoms with Crippen molar-refractivity contribution in [1.82, 2.24) is 0 Å². The summed E-state index contributed by atoms with van der Waals surface area (Å²) >= 11 is 0. The van der Waals surface area contributed by atoms with Crippen LogP contribution in [0.3, 0.4) is 0 Å². The lowest BCUT2D eigenvalue weighted by Gasteiger charge is -2.22. The van der Waals surface area contributed by atoms with Crippen LogP contribution in [0.4, 0.5) is 0 Å². The Balaban J connectivity index is 1.93. The number of unbranched alkanes of at least 4 members (excludes halogenated alkanes) is 1. The molecule has 3 heteroatoms. The van der Waals surface area contributed by atoms with Crippen LogP contribution in [0.15, 0.2) is 49.1 Å². The average Bonchev–Trinajstić information content (AvgIpc) is 2.53. The molecule has 0 bridgehead atoms. The molecule has 0 aliphatic carbocycles. The van der Waals surface area contributed by atoms with E-state index in [4.69, 9.17) is 0 Å². The second kappa shape index (κ2) is 8.21. The highest BCUT2D eigenvalue weighted by Gasteiger charge is 2.09. The monoisotopic (exact) mass is 314 g/mol. The van der Waals surface area contributed by atoms with Crippen molar-refractivity contribution >= 4 is 0 Å². The number of nitrogens with zero attached hydrogens (tertiary/aromatic N) is 3. The van der Waals surface area contributed by atoms with Gasteiger partial charge >= 0.3 is 0 Å². The van der Waals surface area contributed by atoms with E-state index in [1.165, 1.54) is 36.9 Å². The van der Waals surface area contributed by atoms with Crippen LogP contribution < -0.4 is 9.13 Å². The molecule has 2 aromatic heterocycles. The molecule has 23 heavy (non-hydrogen) atoms. The maximum atomic E-state index is 2.28. The van der Waals surface area contributed by atoms with Crippen LogP contribution in [0.2, 0.25) is 0 Å².